The summed E-state index contributed by atoms with van der Waals surface area (Å²) in [7, 11) is 0. The van der Waals surface area contributed by atoms with Crippen LogP contribution in [0.1, 0.15) is 18.2 Å². The Bertz CT molecular complexity index is 6590. The molecular weight excluding hydrogens is 1180 g/mol. The first kappa shape index (κ1) is 54.6. The highest BCUT2D eigenvalue weighted by atomic mass is 16.3. The van der Waals surface area contributed by atoms with E-state index in [9.17, 15) is 0 Å². The summed E-state index contributed by atoms with van der Waals surface area (Å²) in [5, 5.41) is 12.7. The van der Waals surface area contributed by atoms with Gasteiger partial charge in [-0.3, -0.25) is 0 Å². The fraction of sp³-hybridized carbons (Fsp3) is 0.0110. The summed E-state index contributed by atoms with van der Waals surface area (Å²) < 4.78 is 19.1. The highest BCUT2D eigenvalue weighted by molar-refractivity contribution is 6.38. The molecule has 0 saturated heterocycles. The van der Waals surface area contributed by atoms with Gasteiger partial charge in [-0.15, -0.1) is 0 Å². The normalized spacial score (nSPS) is 12.2. The summed E-state index contributed by atoms with van der Waals surface area (Å²) in [4.78, 5) is 4.78. The van der Waals surface area contributed by atoms with Gasteiger partial charge in [0.15, 0.2) is 11.2 Å². The fourth-order valence-corrected chi connectivity index (χ4v) is 16.2. The zero-order valence-electron chi connectivity index (χ0n) is 52.9. The zero-order chi connectivity index (χ0) is 64.0. The van der Waals surface area contributed by atoms with Crippen LogP contribution in [0.5, 0.6) is 0 Å². The van der Waals surface area contributed by atoms with E-state index >= 15 is 0 Å². The third-order valence-electron chi connectivity index (χ3n) is 20.2. The Hall–Kier alpha value is -12.9. The SMILES string of the molecule is C=Cc1oc2c(N(c3cccc(-c4ccccc4)c3)c3ccc4c5cccc6c7c(-c8ccccc8)c8c(c(-c9ccccc9)c7n(c4c3)c56)c3cccc4c5ccc(N(c6cccc(-c7ccccc7)c6)c6cccc7c6oc6ccccc67)cc5n8c43)cccc2c1/C=C\C. The van der Waals surface area contributed by atoms with Gasteiger partial charge in [0.25, 0.3) is 0 Å². The number of anilines is 6. The summed E-state index contributed by atoms with van der Waals surface area (Å²) in [6.45, 7) is 6.26. The van der Waals surface area contributed by atoms with Crippen LogP contribution < -0.4 is 9.80 Å². The maximum Gasteiger partial charge on any atom is 0.159 e. The molecule has 0 aliphatic rings. The predicted molar refractivity (Wildman–Crippen MR) is 409 cm³/mol. The van der Waals surface area contributed by atoms with Gasteiger partial charge in [0.1, 0.15) is 11.3 Å². The quantitative estimate of drug-likeness (QED) is 0.122. The first-order chi connectivity index (χ1) is 48.1. The molecule has 0 unspecified atom stereocenters. The maximum absolute atomic E-state index is 6.94. The molecule has 0 aliphatic heterocycles. The van der Waals surface area contributed by atoms with Crippen LogP contribution in [0.15, 0.2) is 325 Å². The minimum atomic E-state index is 0.735. The fourth-order valence-electron chi connectivity index (χ4n) is 16.2. The van der Waals surface area contributed by atoms with E-state index in [1.807, 2.05) is 13.0 Å². The molecular formula is C91H58N4O2. The van der Waals surface area contributed by atoms with Gasteiger partial charge in [-0.25, -0.2) is 0 Å². The molecule has 0 fully saturated rings. The van der Waals surface area contributed by atoms with E-state index in [0.717, 1.165) is 128 Å². The molecule has 0 atom stereocenters. The summed E-state index contributed by atoms with van der Waals surface area (Å²) in [6.07, 6.45) is 6.01. The average Bonchev–Trinajstić information content (AvgIpc) is 1.50. The van der Waals surface area contributed by atoms with Crippen molar-refractivity contribution in [2.24, 2.45) is 0 Å². The Morgan fingerprint density at radius 3 is 1.23 bits per heavy atom. The molecule has 0 radical (unpaired) electrons. The Morgan fingerprint density at radius 2 is 0.722 bits per heavy atom. The van der Waals surface area contributed by atoms with E-state index in [1.54, 1.807) is 0 Å². The van der Waals surface area contributed by atoms with Gasteiger partial charge in [-0.2, -0.15) is 0 Å². The molecule has 0 N–H and O–H groups in total. The van der Waals surface area contributed by atoms with Gasteiger partial charge in [-0.1, -0.05) is 255 Å². The first-order valence-corrected chi connectivity index (χ1v) is 33.2. The van der Waals surface area contributed by atoms with Crippen molar-refractivity contribution in [3.63, 3.8) is 0 Å². The number of allylic oxidation sites excluding steroid dienone is 1. The van der Waals surface area contributed by atoms with Crippen molar-refractivity contribution in [3.8, 4) is 44.5 Å². The van der Waals surface area contributed by atoms with Crippen molar-refractivity contribution in [1.29, 1.82) is 0 Å². The number of aromatic nitrogens is 2. The lowest BCUT2D eigenvalue weighted by molar-refractivity contribution is 0.604. The number of furan rings is 2. The van der Waals surface area contributed by atoms with Crippen molar-refractivity contribution in [2.75, 3.05) is 9.80 Å². The van der Waals surface area contributed by atoms with Gasteiger partial charge in [0.05, 0.1) is 44.5 Å². The third kappa shape index (κ3) is 8.02. The Morgan fingerprint density at radius 1 is 0.320 bits per heavy atom. The van der Waals surface area contributed by atoms with Gasteiger partial charge < -0.3 is 27.4 Å². The van der Waals surface area contributed by atoms with Crippen LogP contribution in [0.4, 0.5) is 34.1 Å². The van der Waals surface area contributed by atoms with Crippen LogP contribution in [0.3, 0.4) is 0 Å². The number of rotatable bonds is 12. The largest absolute Gasteiger partial charge is 0.454 e. The van der Waals surface area contributed by atoms with Crippen LogP contribution in [-0.4, -0.2) is 8.80 Å². The highest BCUT2D eigenvalue weighted by Gasteiger charge is 2.32. The summed E-state index contributed by atoms with van der Waals surface area (Å²) in [5.41, 5.74) is 25.5. The van der Waals surface area contributed by atoms with Crippen molar-refractivity contribution in [3.05, 3.63) is 327 Å². The van der Waals surface area contributed by atoms with E-state index in [2.05, 4.69) is 341 Å². The predicted octanol–water partition coefficient (Wildman–Crippen LogP) is 25.9. The standard InChI is InChI=1S/C91H58N4O2/c1-3-25-68-72-41-23-45-76(90(72)96-80(68)4-2)92(62-36-19-34-60(52-62)56-26-9-5-10-27-56)64-48-50-66-70-39-21-43-74-84-83(59-32-15-8-16-33-59)89-85(82(58-30-13-7-14-31-58)88(84)94(86(70)74)78(66)54-64)75-44-22-40-71-67-51-49-65(55-79(67)95(89)87(71)75)93(63-37-20-35-61(53-63)57-28-11-6-12-29-57)77-46-24-42-73-69-38-17-18-47-81(69)97-91(73)77/h3-55H,2H2,1H3/b25-3-. The van der Waals surface area contributed by atoms with Gasteiger partial charge >= 0.3 is 0 Å². The summed E-state index contributed by atoms with van der Waals surface area (Å²) >= 11 is 0. The zero-order valence-corrected chi connectivity index (χ0v) is 52.9. The molecule has 6 heterocycles. The van der Waals surface area contributed by atoms with Crippen molar-refractivity contribution in [2.45, 2.75) is 6.92 Å². The topological polar surface area (TPSA) is 41.6 Å². The smallest absolute Gasteiger partial charge is 0.159 e. The number of nitrogens with zero attached hydrogens (tertiary/aromatic N) is 4. The molecule has 0 bridgehead atoms. The number of hydrogen-bond donors (Lipinski definition) is 0. The van der Waals surface area contributed by atoms with Crippen LogP contribution in [0, 0.1) is 0 Å². The van der Waals surface area contributed by atoms with Gasteiger partial charge in [0.2, 0.25) is 0 Å². The molecule has 0 amide bonds. The Kier molecular flexibility index (Phi) is 12.0. The number of benzene rings is 14. The van der Waals surface area contributed by atoms with E-state index in [0.29, 0.717) is 0 Å². The molecule has 20 rings (SSSR count). The molecule has 0 spiro atoms. The lowest BCUT2D eigenvalue weighted by atomic mass is 9.89. The molecule has 0 saturated carbocycles. The monoisotopic (exact) mass is 1240 g/mol. The van der Waals surface area contributed by atoms with Crippen LogP contribution in [-0.2, 0) is 0 Å². The Labute approximate surface area is 558 Å². The Balaban J connectivity index is 0.907. The van der Waals surface area contributed by atoms with E-state index < -0.39 is 0 Å². The van der Waals surface area contributed by atoms with Crippen molar-refractivity contribution < 1.29 is 8.83 Å². The molecule has 0 aliphatic carbocycles. The molecule has 14 aromatic carbocycles. The van der Waals surface area contributed by atoms with Crippen LogP contribution >= 0.6 is 0 Å². The maximum atomic E-state index is 6.94. The second-order valence-electron chi connectivity index (χ2n) is 25.4. The number of hydrogen-bond acceptors (Lipinski definition) is 4. The lowest BCUT2D eigenvalue weighted by Gasteiger charge is -2.26. The minimum Gasteiger partial charge on any atom is -0.454 e. The van der Waals surface area contributed by atoms with Crippen molar-refractivity contribution in [1.82, 2.24) is 8.80 Å². The third-order valence-corrected chi connectivity index (χ3v) is 20.2. The molecule has 20 aromatic rings. The number of para-hydroxylation sites is 5. The van der Waals surface area contributed by atoms with Crippen molar-refractivity contribution >= 4 is 155 Å². The summed E-state index contributed by atoms with van der Waals surface area (Å²) in [5.74, 6) is 0.735. The lowest BCUT2D eigenvalue weighted by Crippen LogP contribution is -2.10. The van der Waals surface area contributed by atoms with Gasteiger partial charge in [0, 0.05) is 98.7 Å². The second-order valence-corrected chi connectivity index (χ2v) is 25.4. The van der Waals surface area contributed by atoms with E-state index in [-0.39, 0.29) is 0 Å². The summed E-state index contributed by atoms with van der Waals surface area (Å²) in [6, 6.07) is 111. The van der Waals surface area contributed by atoms with E-state index in [1.165, 1.54) is 70.8 Å². The van der Waals surface area contributed by atoms with E-state index in [4.69, 9.17) is 8.83 Å². The minimum absolute atomic E-state index is 0.735. The first-order valence-electron chi connectivity index (χ1n) is 33.2. The molecule has 6 heteroatoms. The highest BCUT2D eigenvalue weighted by Crippen LogP contribution is 2.56. The van der Waals surface area contributed by atoms with Gasteiger partial charge in [-0.05, 0) is 113 Å². The molecule has 6 aromatic heterocycles. The average molecular weight is 1240 g/mol. The van der Waals surface area contributed by atoms with Crippen LogP contribution in [0.25, 0.3) is 166 Å². The van der Waals surface area contributed by atoms with Crippen LogP contribution in [0.2, 0.25) is 0 Å². The number of fused-ring (bicyclic) bond motifs is 16. The second kappa shape index (κ2) is 21.3. The molecule has 454 valence electrons. The molecule has 97 heavy (non-hydrogen) atoms. The molecule has 6 nitrogen and oxygen atoms in total.